The number of pyridine rings is 1. The van der Waals surface area contributed by atoms with Crippen molar-refractivity contribution in [2.24, 2.45) is 11.7 Å². The molecule has 3 rings (SSSR count). The van der Waals surface area contributed by atoms with Crippen LogP contribution in [0.15, 0.2) is 18.3 Å². The summed E-state index contributed by atoms with van der Waals surface area (Å²) in [7, 11) is 0. The lowest BCUT2D eigenvalue weighted by Crippen LogP contribution is -2.48. The number of nitrogen functional groups attached to an aromatic ring is 1. The lowest BCUT2D eigenvalue weighted by molar-refractivity contribution is 0.242. The van der Waals surface area contributed by atoms with Crippen LogP contribution in [0.25, 0.3) is 0 Å². The van der Waals surface area contributed by atoms with Crippen molar-refractivity contribution in [3.63, 3.8) is 0 Å². The molecule has 0 amide bonds. The van der Waals surface area contributed by atoms with Gasteiger partial charge in [-0.3, -0.25) is 5.41 Å². The fraction of sp³-hybridized carbons (Fsp3) is 0.600. The largest absolute Gasteiger partial charge is 0.384 e. The molecule has 2 aliphatic rings. The van der Waals surface area contributed by atoms with Crippen LogP contribution in [-0.4, -0.2) is 23.4 Å². The van der Waals surface area contributed by atoms with Gasteiger partial charge in [0.2, 0.25) is 0 Å². The zero-order valence-electron chi connectivity index (χ0n) is 11.3. The third kappa shape index (κ3) is 2.31. The molecule has 2 fully saturated rings. The Kier molecular flexibility index (Phi) is 3.40. The number of nitrogens with two attached hydrogens (primary N) is 1. The second kappa shape index (κ2) is 5.19. The quantitative estimate of drug-likeness (QED) is 0.633. The Labute approximate surface area is 114 Å². The molecule has 102 valence electrons. The summed E-state index contributed by atoms with van der Waals surface area (Å²) in [5.41, 5.74) is 6.49. The number of hydrogen-bond acceptors (Lipinski definition) is 3. The summed E-state index contributed by atoms with van der Waals surface area (Å²) in [6.45, 7) is 1.05. The molecule has 4 heteroatoms. The minimum absolute atomic E-state index is 0.126. The molecule has 0 spiro atoms. The highest BCUT2D eigenvalue weighted by Crippen LogP contribution is 2.37. The van der Waals surface area contributed by atoms with Gasteiger partial charge < -0.3 is 10.6 Å². The monoisotopic (exact) mass is 258 g/mol. The molecular formula is C15H22N4. The first-order chi connectivity index (χ1) is 9.27. The van der Waals surface area contributed by atoms with E-state index in [4.69, 9.17) is 11.1 Å². The van der Waals surface area contributed by atoms with Crippen molar-refractivity contribution in [1.29, 1.82) is 5.41 Å². The molecule has 0 radical (unpaired) electrons. The van der Waals surface area contributed by atoms with E-state index < -0.39 is 0 Å². The number of nitrogens with one attached hydrogen (secondary N) is 1. The van der Waals surface area contributed by atoms with Gasteiger partial charge in [-0.25, -0.2) is 4.98 Å². The average Bonchev–Trinajstić information content (AvgIpc) is 2.46. The standard InChI is InChI=1S/C15H22N4/c16-14(17)12-7-3-9-18-15(12)19-10-4-6-11-5-1-2-8-13(11)19/h3,7,9,11,13H,1-2,4-6,8,10H2,(H3,16,17)/t11-,13-/m1/s1. The second-order valence-electron chi connectivity index (χ2n) is 5.74. The summed E-state index contributed by atoms with van der Waals surface area (Å²) >= 11 is 0. The number of aromatic nitrogens is 1. The Bertz CT molecular complexity index is 469. The highest BCUT2D eigenvalue weighted by atomic mass is 15.2. The normalized spacial score (nSPS) is 26.8. The van der Waals surface area contributed by atoms with Gasteiger partial charge in [0.1, 0.15) is 11.7 Å². The lowest BCUT2D eigenvalue weighted by Gasteiger charge is -2.45. The molecule has 1 aliphatic carbocycles. The number of hydrogen-bond donors (Lipinski definition) is 2. The van der Waals surface area contributed by atoms with Crippen molar-refractivity contribution in [2.75, 3.05) is 11.4 Å². The Morgan fingerprint density at radius 2 is 2.05 bits per heavy atom. The fourth-order valence-electron chi connectivity index (χ4n) is 3.72. The van der Waals surface area contributed by atoms with E-state index in [9.17, 15) is 0 Å². The molecule has 19 heavy (non-hydrogen) atoms. The van der Waals surface area contributed by atoms with E-state index in [2.05, 4.69) is 9.88 Å². The SMILES string of the molecule is N=C(N)c1cccnc1N1CCC[C@H]2CCCC[C@H]21. The molecule has 0 bridgehead atoms. The van der Waals surface area contributed by atoms with Crippen molar-refractivity contribution in [3.8, 4) is 0 Å². The Morgan fingerprint density at radius 1 is 1.26 bits per heavy atom. The predicted molar refractivity (Wildman–Crippen MR) is 77.6 cm³/mol. The van der Waals surface area contributed by atoms with Gasteiger partial charge in [0.25, 0.3) is 0 Å². The lowest BCUT2D eigenvalue weighted by atomic mass is 9.78. The van der Waals surface area contributed by atoms with Gasteiger partial charge >= 0.3 is 0 Å². The molecule has 2 atom stereocenters. The second-order valence-corrected chi connectivity index (χ2v) is 5.74. The Hall–Kier alpha value is -1.58. The van der Waals surface area contributed by atoms with Crippen LogP contribution in [0.4, 0.5) is 5.82 Å². The van der Waals surface area contributed by atoms with Crippen LogP contribution in [0, 0.1) is 11.3 Å². The number of piperidine rings is 1. The first-order valence-electron chi connectivity index (χ1n) is 7.33. The van der Waals surface area contributed by atoms with Crippen LogP contribution in [0.3, 0.4) is 0 Å². The first-order valence-corrected chi connectivity index (χ1v) is 7.33. The highest BCUT2D eigenvalue weighted by Gasteiger charge is 2.34. The molecule has 2 heterocycles. The molecule has 1 saturated heterocycles. The summed E-state index contributed by atoms with van der Waals surface area (Å²) < 4.78 is 0. The van der Waals surface area contributed by atoms with E-state index in [1.54, 1.807) is 0 Å². The average molecular weight is 258 g/mol. The Morgan fingerprint density at radius 3 is 2.89 bits per heavy atom. The van der Waals surface area contributed by atoms with Gasteiger partial charge in [0, 0.05) is 18.8 Å². The molecule has 1 aromatic rings. The van der Waals surface area contributed by atoms with Crippen LogP contribution < -0.4 is 10.6 Å². The predicted octanol–water partition coefficient (Wildman–Crippen LogP) is 2.52. The molecule has 1 saturated carbocycles. The van der Waals surface area contributed by atoms with E-state index >= 15 is 0 Å². The maximum atomic E-state index is 7.74. The summed E-state index contributed by atoms with van der Waals surface area (Å²) in [5.74, 6) is 1.86. The molecule has 1 aliphatic heterocycles. The first kappa shape index (κ1) is 12.5. The van der Waals surface area contributed by atoms with Gasteiger partial charge in [-0.05, 0) is 43.7 Å². The fourth-order valence-corrected chi connectivity index (χ4v) is 3.72. The van der Waals surface area contributed by atoms with Crippen molar-refractivity contribution in [1.82, 2.24) is 4.98 Å². The highest BCUT2D eigenvalue weighted by molar-refractivity contribution is 5.99. The van der Waals surface area contributed by atoms with Crippen LogP contribution in [0.5, 0.6) is 0 Å². The molecule has 0 unspecified atom stereocenters. The van der Waals surface area contributed by atoms with Gasteiger partial charge in [0.15, 0.2) is 0 Å². The van der Waals surface area contributed by atoms with Gasteiger partial charge in [0.05, 0.1) is 5.56 Å². The third-order valence-electron chi connectivity index (χ3n) is 4.59. The van der Waals surface area contributed by atoms with E-state index in [1.165, 1.54) is 38.5 Å². The zero-order chi connectivity index (χ0) is 13.2. The molecule has 3 N–H and O–H groups in total. The topological polar surface area (TPSA) is 66.0 Å². The maximum absolute atomic E-state index is 7.74. The number of rotatable bonds is 2. The summed E-state index contributed by atoms with van der Waals surface area (Å²) in [6, 6.07) is 4.38. The number of nitrogens with zero attached hydrogens (tertiary/aromatic N) is 2. The summed E-state index contributed by atoms with van der Waals surface area (Å²) in [4.78, 5) is 6.94. The molecule has 4 nitrogen and oxygen atoms in total. The zero-order valence-corrected chi connectivity index (χ0v) is 11.3. The van der Waals surface area contributed by atoms with Crippen molar-refractivity contribution < 1.29 is 0 Å². The number of amidine groups is 1. The van der Waals surface area contributed by atoms with Crippen LogP contribution in [0.1, 0.15) is 44.1 Å². The van der Waals surface area contributed by atoms with Crippen LogP contribution in [-0.2, 0) is 0 Å². The Balaban J connectivity index is 1.94. The van der Waals surface area contributed by atoms with E-state index in [-0.39, 0.29) is 5.84 Å². The van der Waals surface area contributed by atoms with Gasteiger partial charge in [-0.15, -0.1) is 0 Å². The number of fused-ring (bicyclic) bond motifs is 1. The van der Waals surface area contributed by atoms with E-state index in [0.717, 1.165) is 23.8 Å². The van der Waals surface area contributed by atoms with Gasteiger partial charge in [-0.1, -0.05) is 12.8 Å². The van der Waals surface area contributed by atoms with Gasteiger partial charge in [-0.2, -0.15) is 0 Å². The molecule has 1 aromatic heterocycles. The molecular weight excluding hydrogens is 236 g/mol. The molecule has 0 aromatic carbocycles. The smallest absolute Gasteiger partial charge is 0.139 e. The van der Waals surface area contributed by atoms with Crippen LogP contribution >= 0.6 is 0 Å². The van der Waals surface area contributed by atoms with Crippen molar-refractivity contribution in [2.45, 2.75) is 44.6 Å². The summed E-state index contributed by atoms with van der Waals surface area (Å²) in [6.07, 6.45) is 9.70. The van der Waals surface area contributed by atoms with Crippen molar-refractivity contribution in [3.05, 3.63) is 23.9 Å². The third-order valence-corrected chi connectivity index (χ3v) is 4.59. The number of anilines is 1. The minimum Gasteiger partial charge on any atom is -0.384 e. The van der Waals surface area contributed by atoms with Crippen molar-refractivity contribution >= 4 is 11.7 Å². The minimum atomic E-state index is 0.126. The summed E-state index contributed by atoms with van der Waals surface area (Å²) in [5, 5.41) is 7.74. The van der Waals surface area contributed by atoms with Crippen LogP contribution in [0.2, 0.25) is 0 Å². The van der Waals surface area contributed by atoms with E-state index in [1.807, 2.05) is 18.3 Å². The maximum Gasteiger partial charge on any atom is 0.139 e. The van der Waals surface area contributed by atoms with E-state index in [0.29, 0.717) is 6.04 Å².